The van der Waals surface area contributed by atoms with Gasteiger partial charge in [-0.2, -0.15) is 0 Å². The molecule has 0 spiro atoms. The average molecular weight is 243 g/mol. The fourth-order valence-corrected chi connectivity index (χ4v) is 1.37. The number of carbonyl (C=O) groups excluding carboxylic acids is 1. The highest BCUT2D eigenvalue weighted by molar-refractivity contribution is 5.66. The van der Waals surface area contributed by atoms with Crippen molar-refractivity contribution in [1.29, 1.82) is 0 Å². The highest BCUT2D eigenvalue weighted by Crippen LogP contribution is 2.09. The third-order valence-electron chi connectivity index (χ3n) is 2.21. The van der Waals surface area contributed by atoms with Crippen molar-refractivity contribution < 1.29 is 13.9 Å². The third-order valence-corrected chi connectivity index (χ3v) is 2.21. The highest BCUT2D eigenvalue weighted by Gasteiger charge is 2.02. The largest absolute Gasteiger partial charge is 0.459 e. The lowest BCUT2D eigenvalue weighted by Crippen LogP contribution is -1.98. The van der Waals surface area contributed by atoms with Gasteiger partial charge < -0.3 is 9.15 Å². The van der Waals surface area contributed by atoms with Crippen LogP contribution in [0.1, 0.15) is 24.1 Å². The fourth-order valence-electron chi connectivity index (χ4n) is 1.37. The molecule has 18 heavy (non-hydrogen) atoms. The Morgan fingerprint density at radius 1 is 1.33 bits per heavy atom. The molecule has 4 heteroatoms. The van der Waals surface area contributed by atoms with Gasteiger partial charge in [0.15, 0.2) is 0 Å². The van der Waals surface area contributed by atoms with Gasteiger partial charge in [0.05, 0.1) is 0 Å². The van der Waals surface area contributed by atoms with Gasteiger partial charge in [-0.1, -0.05) is 30.3 Å². The number of oxazole rings is 1. The topological polar surface area (TPSA) is 52.3 Å². The zero-order valence-electron chi connectivity index (χ0n) is 10.00. The van der Waals surface area contributed by atoms with E-state index in [-0.39, 0.29) is 12.6 Å². The summed E-state index contributed by atoms with van der Waals surface area (Å²) in [5.41, 5.74) is 1.66. The van der Waals surface area contributed by atoms with Crippen LogP contribution in [0.15, 0.2) is 41.0 Å². The van der Waals surface area contributed by atoms with Crippen molar-refractivity contribution in [2.24, 2.45) is 0 Å². The molecule has 0 aliphatic heterocycles. The van der Waals surface area contributed by atoms with Gasteiger partial charge in [-0.25, -0.2) is 4.98 Å². The van der Waals surface area contributed by atoms with Crippen molar-refractivity contribution in [1.82, 2.24) is 4.98 Å². The van der Waals surface area contributed by atoms with Crippen molar-refractivity contribution in [3.05, 3.63) is 53.7 Å². The second-order valence-corrected chi connectivity index (χ2v) is 3.70. The predicted molar refractivity (Wildman–Crippen MR) is 67.3 cm³/mol. The summed E-state index contributed by atoms with van der Waals surface area (Å²) >= 11 is 0. The van der Waals surface area contributed by atoms with Crippen LogP contribution in [0.25, 0.3) is 12.2 Å². The molecule has 0 aliphatic rings. The molecule has 0 bridgehead atoms. The SMILES string of the molecule is CC(=O)OCc1coc(/C=C/c2ccccc2)n1. The standard InChI is InChI=1S/C14H13NO3/c1-11(16)17-9-13-10-18-14(15-13)8-7-12-5-3-2-4-6-12/h2-8,10H,9H2,1H3/b8-7+. The number of hydrogen-bond acceptors (Lipinski definition) is 4. The number of hydrogen-bond donors (Lipinski definition) is 0. The number of carbonyl (C=O) groups is 1. The van der Waals surface area contributed by atoms with Crippen LogP contribution in [-0.4, -0.2) is 11.0 Å². The van der Waals surface area contributed by atoms with Gasteiger partial charge in [-0.05, 0) is 11.6 Å². The van der Waals surface area contributed by atoms with Gasteiger partial charge in [0.1, 0.15) is 18.6 Å². The molecule has 0 atom stereocenters. The van der Waals surface area contributed by atoms with E-state index < -0.39 is 0 Å². The van der Waals surface area contributed by atoms with E-state index in [2.05, 4.69) is 4.98 Å². The Balaban J connectivity index is 1.98. The van der Waals surface area contributed by atoms with Crippen LogP contribution in [-0.2, 0) is 16.1 Å². The average Bonchev–Trinajstić information content (AvgIpc) is 2.83. The summed E-state index contributed by atoms with van der Waals surface area (Å²) in [5.74, 6) is 0.153. The number of rotatable bonds is 4. The number of aromatic nitrogens is 1. The normalized spacial score (nSPS) is 10.7. The Bertz CT molecular complexity index is 543. The summed E-state index contributed by atoms with van der Waals surface area (Å²) in [6.45, 7) is 1.49. The molecule has 0 aliphatic carbocycles. The zero-order chi connectivity index (χ0) is 12.8. The van der Waals surface area contributed by atoms with Gasteiger partial charge in [0.2, 0.25) is 5.89 Å². The van der Waals surface area contributed by atoms with Gasteiger partial charge >= 0.3 is 5.97 Å². The molecule has 4 nitrogen and oxygen atoms in total. The summed E-state index contributed by atoms with van der Waals surface area (Å²) in [4.78, 5) is 14.8. The molecular weight excluding hydrogens is 230 g/mol. The lowest BCUT2D eigenvalue weighted by atomic mass is 10.2. The van der Waals surface area contributed by atoms with E-state index in [9.17, 15) is 4.79 Å². The van der Waals surface area contributed by atoms with E-state index in [0.29, 0.717) is 11.6 Å². The van der Waals surface area contributed by atoms with Gasteiger partial charge in [0, 0.05) is 13.0 Å². The van der Waals surface area contributed by atoms with Crippen LogP contribution in [0.2, 0.25) is 0 Å². The molecular formula is C14H13NO3. The molecule has 0 N–H and O–H groups in total. The monoisotopic (exact) mass is 243 g/mol. The van der Waals surface area contributed by atoms with E-state index in [1.54, 1.807) is 6.08 Å². The molecule has 1 heterocycles. The maximum Gasteiger partial charge on any atom is 0.303 e. The Hall–Kier alpha value is -2.36. The maximum atomic E-state index is 10.6. The minimum Gasteiger partial charge on any atom is -0.459 e. The molecule has 92 valence electrons. The molecule has 1 aromatic heterocycles. The summed E-state index contributed by atoms with van der Waals surface area (Å²) in [5, 5.41) is 0. The van der Waals surface area contributed by atoms with E-state index in [4.69, 9.17) is 9.15 Å². The molecule has 0 fully saturated rings. The molecule has 0 amide bonds. The number of benzene rings is 1. The van der Waals surface area contributed by atoms with Crippen molar-refractivity contribution in [2.75, 3.05) is 0 Å². The Kier molecular flexibility index (Phi) is 3.91. The summed E-state index contributed by atoms with van der Waals surface area (Å²) in [6.07, 6.45) is 5.15. The Morgan fingerprint density at radius 2 is 2.11 bits per heavy atom. The van der Waals surface area contributed by atoms with Gasteiger partial charge in [0.25, 0.3) is 0 Å². The van der Waals surface area contributed by atoms with Crippen molar-refractivity contribution >= 4 is 18.1 Å². The maximum absolute atomic E-state index is 10.6. The molecule has 2 rings (SSSR count). The lowest BCUT2D eigenvalue weighted by molar-refractivity contribution is -0.142. The van der Waals surface area contributed by atoms with E-state index >= 15 is 0 Å². The van der Waals surface area contributed by atoms with Gasteiger partial charge in [-0.15, -0.1) is 0 Å². The first-order valence-corrected chi connectivity index (χ1v) is 5.55. The number of ether oxygens (including phenoxy) is 1. The van der Waals surface area contributed by atoms with Gasteiger partial charge in [-0.3, -0.25) is 4.79 Å². The van der Waals surface area contributed by atoms with E-state index in [1.165, 1.54) is 13.2 Å². The number of esters is 1. The summed E-state index contributed by atoms with van der Waals surface area (Å²) < 4.78 is 10.0. The minimum absolute atomic E-state index is 0.137. The van der Waals surface area contributed by atoms with Crippen molar-refractivity contribution in [3.63, 3.8) is 0 Å². The predicted octanol–water partition coefficient (Wildman–Crippen LogP) is 2.91. The second kappa shape index (κ2) is 5.82. The summed E-state index contributed by atoms with van der Waals surface area (Å²) in [7, 11) is 0. The van der Waals surface area contributed by atoms with Crippen LogP contribution >= 0.6 is 0 Å². The van der Waals surface area contributed by atoms with E-state index in [0.717, 1.165) is 5.56 Å². The van der Waals surface area contributed by atoms with E-state index in [1.807, 2.05) is 36.4 Å². The van der Waals surface area contributed by atoms with Crippen molar-refractivity contribution in [3.8, 4) is 0 Å². The molecule has 0 saturated heterocycles. The smallest absolute Gasteiger partial charge is 0.303 e. The molecule has 0 radical (unpaired) electrons. The highest BCUT2D eigenvalue weighted by atomic mass is 16.5. The van der Waals surface area contributed by atoms with Crippen LogP contribution in [0.5, 0.6) is 0 Å². The first-order chi connectivity index (χ1) is 8.74. The molecule has 0 saturated carbocycles. The third kappa shape index (κ3) is 3.59. The lowest BCUT2D eigenvalue weighted by Gasteiger charge is -1.94. The second-order valence-electron chi connectivity index (χ2n) is 3.70. The molecule has 0 unspecified atom stereocenters. The zero-order valence-corrected chi connectivity index (χ0v) is 10.00. The summed E-state index contributed by atoms with van der Waals surface area (Å²) in [6, 6.07) is 9.85. The van der Waals surface area contributed by atoms with Crippen molar-refractivity contribution in [2.45, 2.75) is 13.5 Å². The number of nitrogens with zero attached hydrogens (tertiary/aromatic N) is 1. The Morgan fingerprint density at radius 3 is 2.83 bits per heavy atom. The first kappa shape index (κ1) is 12.1. The van der Waals surface area contributed by atoms with Crippen LogP contribution in [0.4, 0.5) is 0 Å². The van der Waals surface area contributed by atoms with Crippen LogP contribution < -0.4 is 0 Å². The Labute approximate surface area is 105 Å². The molecule has 2 aromatic rings. The van der Waals surface area contributed by atoms with Crippen LogP contribution in [0, 0.1) is 0 Å². The minimum atomic E-state index is -0.334. The van der Waals surface area contributed by atoms with Crippen LogP contribution in [0.3, 0.4) is 0 Å². The quantitative estimate of drug-likeness (QED) is 0.775. The molecule has 1 aromatic carbocycles. The fraction of sp³-hybridized carbons (Fsp3) is 0.143. The first-order valence-electron chi connectivity index (χ1n) is 5.55.